The molecule has 7 heteroatoms. The number of carbonyl (C=O) groups is 1. The van der Waals surface area contributed by atoms with E-state index >= 15 is 0 Å². The lowest BCUT2D eigenvalue weighted by molar-refractivity contribution is 0.105. The number of nitrogens with zero attached hydrogens (tertiary/aromatic N) is 1. The average Bonchev–Trinajstić information content (AvgIpc) is 3.12. The van der Waals surface area contributed by atoms with E-state index in [0.717, 1.165) is 11.3 Å². The lowest BCUT2D eigenvalue weighted by Gasteiger charge is -2.06. The molecule has 0 saturated carbocycles. The summed E-state index contributed by atoms with van der Waals surface area (Å²) in [6.07, 6.45) is 2.34. The van der Waals surface area contributed by atoms with Crippen molar-refractivity contribution in [3.63, 3.8) is 0 Å². The van der Waals surface area contributed by atoms with Crippen LogP contribution in [0.4, 0.5) is 0 Å². The smallest absolute Gasteiger partial charge is 0.286 e. The molecule has 0 radical (unpaired) electrons. The molecule has 1 N–H and O–H groups in total. The van der Waals surface area contributed by atoms with Gasteiger partial charge in [-0.1, -0.05) is 26.0 Å². The van der Waals surface area contributed by atoms with Crippen molar-refractivity contribution in [1.82, 2.24) is 4.98 Å². The van der Waals surface area contributed by atoms with Gasteiger partial charge in [-0.25, -0.2) is 4.98 Å². The Morgan fingerprint density at radius 3 is 2.70 bits per heavy atom. The molecule has 0 unspecified atom stereocenters. The van der Waals surface area contributed by atoms with Crippen LogP contribution < -0.4 is 0 Å². The molecule has 1 aromatic heterocycles. The summed E-state index contributed by atoms with van der Waals surface area (Å²) in [5, 5.41) is 2.26. The van der Waals surface area contributed by atoms with Gasteiger partial charge >= 0.3 is 0 Å². The van der Waals surface area contributed by atoms with Gasteiger partial charge in [0.15, 0.2) is 5.01 Å². The molecular formula is C16H15NO4S2. The van der Waals surface area contributed by atoms with E-state index < -0.39 is 10.1 Å². The molecular weight excluding hydrogens is 334 g/mol. The highest BCUT2D eigenvalue weighted by atomic mass is 32.2. The number of aromatic nitrogens is 1. The van der Waals surface area contributed by atoms with Crippen molar-refractivity contribution in [1.29, 1.82) is 0 Å². The summed E-state index contributed by atoms with van der Waals surface area (Å²) in [5.74, 6) is 0.0249. The third-order valence-corrected chi connectivity index (χ3v) is 5.46. The molecule has 0 atom stereocenters. The summed E-state index contributed by atoms with van der Waals surface area (Å²) in [4.78, 5) is 16.8. The number of allylic oxidation sites excluding steroid dienone is 2. The van der Waals surface area contributed by atoms with Crippen molar-refractivity contribution in [2.75, 3.05) is 0 Å². The fourth-order valence-electron chi connectivity index (χ4n) is 2.45. The van der Waals surface area contributed by atoms with Crippen LogP contribution in [0, 0.1) is 0 Å². The highest BCUT2D eigenvalue weighted by Crippen LogP contribution is 2.33. The summed E-state index contributed by atoms with van der Waals surface area (Å²) < 4.78 is 31.8. The minimum Gasteiger partial charge on any atom is -0.286 e. The van der Waals surface area contributed by atoms with Gasteiger partial charge in [-0.3, -0.25) is 9.35 Å². The Bertz CT molecular complexity index is 923. The number of ketones is 1. The minimum atomic E-state index is -4.30. The second kappa shape index (κ2) is 5.67. The Morgan fingerprint density at radius 2 is 2.09 bits per heavy atom. The van der Waals surface area contributed by atoms with E-state index in [2.05, 4.69) is 4.98 Å². The lowest BCUT2D eigenvalue weighted by Crippen LogP contribution is -2.04. The maximum Gasteiger partial charge on any atom is 0.294 e. The Hall–Kier alpha value is -1.83. The molecule has 0 amide bonds. The maximum atomic E-state index is 12.7. The van der Waals surface area contributed by atoms with Crippen molar-refractivity contribution in [2.24, 2.45) is 0 Å². The van der Waals surface area contributed by atoms with Crippen LogP contribution >= 0.6 is 11.3 Å². The number of hydrogen-bond donors (Lipinski definition) is 1. The van der Waals surface area contributed by atoms with Crippen molar-refractivity contribution in [3.8, 4) is 0 Å². The van der Waals surface area contributed by atoms with Gasteiger partial charge in [0.2, 0.25) is 5.78 Å². The molecule has 0 spiro atoms. The van der Waals surface area contributed by atoms with Crippen LogP contribution in [-0.2, 0) is 16.5 Å². The Balaban J connectivity index is 1.99. The monoisotopic (exact) mass is 349 g/mol. The summed E-state index contributed by atoms with van der Waals surface area (Å²) in [5.41, 5.74) is 2.71. The maximum absolute atomic E-state index is 12.7. The first-order chi connectivity index (χ1) is 10.8. The van der Waals surface area contributed by atoms with Crippen molar-refractivity contribution in [2.45, 2.75) is 31.1 Å². The van der Waals surface area contributed by atoms with Gasteiger partial charge in [-0.2, -0.15) is 8.42 Å². The second-order valence-corrected chi connectivity index (χ2v) is 7.96. The number of thiazole rings is 1. The van der Waals surface area contributed by atoms with E-state index in [1.165, 1.54) is 23.5 Å². The van der Waals surface area contributed by atoms with Crippen molar-refractivity contribution < 1.29 is 17.8 Å². The van der Waals surface area contributed by atoms with E-state index in [1.54, 1.807) is 12.1 Å². The van der Waals surface area contributed by atoms with Crippen LogP contribution in [0.25, 0.3) is 5.57 Å². The van der Waals surface area contributed by atoms with Crippen LogP contribution in [-0.4, -0.2) is 23.7 Å². The van der Waals surface area contributed by atoms with Gasteiger partial charge in [-0.05, 0) is 35.6 Å². The number of rotatable bonds is 4. The van der Waals surface area contributed by atoms with Crippen LogP contribution in [0.5, 0.6) is 0 Å². The number of Topliss-reactive ketones (excluding diaryl/α,β-unsaturated/α-hetero) is 1. The number of benzene rings is 1. The van der Waals surface area contributed by atoms with Crippen molar-refractivity contribution >= 4 is 32.8 Å². The summed E-state index contributed by atoms with van der Waals surface area (Å²) in [6, 6.07) is 4.31. The molecule has 120 valence electrons. The quantitative estimate of drug-likeness (QED) is 0.676. The topological polar surface area (TPSA) is 84.3 Å². The normalized spacial score (nSPS) is 14.0. The Kier molecular flexibility index (Phi) is 3.95. The Morgan fingerprint density at radius 1 is 1.35 bits per heavy atom. The fraction of sp³-hybridized carbons (Fsp3) is 0.250. The van der Waals surface area contributed by atoms with Gasteiger partial charge in [0.1, 0.15) is 0 Å². The third kappa shape index (κ3) is 2.99. The first-order valence-corrected chi connectivity index (χ1v) is 9.40. The zero-order valence-corrected chi connectivity index (χ0v) is 14.2. The van der Waals surface area contributed by atoms with Crippen LogP contribution in [0.1, 0.15) is 46.4 Å². The highest BCUT2D eigenvalue weighted by molar-refractivity contribution is 7.85. The van der Waals surface area contributed by atoms with Gasteiger partial charge in [0.25, 0.3) is 10.1 Å². The Labute approximate surface area is 138 Å². The zero-order valence-electron chi connectivity index (χ0n) is 12.6. The standard InChI is InChI=1S/C16H15NO4S2/c1-9(2)14-8-22-16(17-14)15(18)12-6-4-10-3-5-11(7-13(10)12)23(19,20)21/h3,5-9H,4H2,1-2H3,(H,19,20,21). The van der Waals surface area contributed by atoms with Crippen molar-refractivity contribution in [3.05, 3.63) is 51.5 Å². The summed E-state index contributed by atoms with van der Waals surface area (Å²) in [7, 11) is -4.30. The SMILES string of the molecule is CC(C)c1csc(C(=O)C2=CCc3ccc(S(=O)(=O)O)cc32)n1. The number of carbonyl (C=O) groups excluding carboxylic acids is 1. The van der Waals surface area contributed by atoms with Gasteiger partial charge in [0.05, 0.1) is 10.6 Å². The molecule has 3 rings (SSSR count). The molecule has 5 nitrogen and oxygen atoms in total. The largest absolute Gasteiger partial charge is 0.294 e. The molecule has 23 heavy (non-hydrogen) atoms. The summed E-state index contributed by atoms with van der Waals surface area (Å²) >= 11 is 1.29. The highest BCUT2D eigenvalue weighted by Gasteiger charge is 2.25. The second-order valence-electron chi connectivity index (χ2n) is 5.68. The van der Waals surface area contributed by atoms with E-state index in [1.807, 2.05) is 19.2 Å². The molecule has 1 aliphatic rings. The van der Waals surface area contributed by atoms with Gasteiger partial charge < -0.3 is 0 Å². The lowest BCUT2D eigenvalue weighted by atomic mass is 10.0. The summed E-state index contributed by atoms with van der Waals surface area (Å²) in [6.45, 7) is 4.01. The number of hydrogen-bond acceptors (Lipinski definition) is 5. The van der Waals surface area contributed by atoms with E-state index in [0.29, 0.717) is 22.6 Å². The molecule has 2 aromatic rings. The molecule has 1 heterocycles. The average molecular weight is 349 g/mol. The van der Waals surface area contributed by atoms with E-state index in [9.17, 15) is 17.8 Å². The van der Waals surface area contributed by atoms with Crippen LogP contribution in [0.3, 0.4) is 0 Å². The first-order valence-electron chi connectivity index (χ1n) is 7.08. The molecule has 0 bridgehead atoms. The van der Waals surface area contributed by atoms with Crippen LogP contribution in [0.2, 0.25) is 0 Å². The van der Waals surface area contributed by atoms with Crippen LogP contribution in [0.15, 0.2) is 34.6 Å². The fourth-order valence-corrected chi connectivity index (χ4v) is 3.89. The third-order valence-electron chi connectivity index (χ3n) is 3.75. The molecule has 1 aromatic carbocycles. The zero-order chi connectivity index (χ0) is 16.8. The van der Waals surface area contributed by atoms with Gasteiger partial charge in [0, 0.05) is 11.0 Å². The first kappa shape index (κ1) is 16.0. The van der Waals surface area contributed by atoms with Gasteiger partial charge in [-0.15, -0.1) is 11.3 Å². The van der Waals surface area contributed by atoms with E-state index in [4.69, 9.17) is 0 Å². The molecule has 1 aliphatic carbocycles. The van der Waals surface area contributed by atoms with E-state index in [-0.39, 0.29) is 16.6 Å². The minimum absolute atomic E-state index is 0.209. The predicted octanol–water partition coefficient (Wildman–Crippen LogP) is 3.34. The predicted molar refractivity (Wildman–Crippen MR) is 88.5 cm³/mol. The molecule has 0 saturated heterocycles. The number of fused-ring (bicyclic) bond motifs is 1. The molecule has 0 aliphatic heterocycles. The molecule has 0 fully saturated rings.